The molecule has 0 aromatic heterocycles. The van der Waals surface area contributed by atoms with Crippen LogP contribution in [-0.4, -0.2) is 27.3 Å². The number of hydrogen-bond donors (Lipinski definition) is 1. The molecular weight excluding hydrogens is 530 g/mol. The number of ether oxygens (including phenoxy) is 1. The molecule has 41 heavy (non-hydrogen) atoms. The lowest BCUT2D eigenvalue weighted by molar-refractivity contribution is -0.109. The summed E-state index contributed by atoms with van der Waals surface area (Å²) in [4.78, 5) is 0.111. The van der Waals surface area contributed by atoms with E-state index in [4.69, 9.17) is 8.92 Å². The first-order valence-corrected chi connectivity index (χ1v) is 15.7. The van der Waals surface area contributed by atoms with Crippen molar-refractivity contribution in [2.24, 2.45) is 5.92 Å². The van der Waals surface area contributed by atoms with Gasteiger partial charge in [0.2, 0.25) is 0 Å². The Balaban J connectivity index is 1.56. The molecule has 0 saturated heterocycles. The molecule has 5 nitrogen and oxygen atoms in total. The summed E-state index contributed by atoms with van der Waals surface area (Å²) in [6, 6.07) is 32.9. The van der Waals surface area contributed by atoms with E-state index in [-0.39, 0.29) is 17.4 Å². The molecule has 4 aromatic carbocycles. The van der Waals surface area contributed by atoms with Gasteiger partial charge in [0.25, 0.3) is 10.1 Å². The number of nitrogens with one attached hydrogen (secondary N) is 1. The molecule has 1 fully saturated rings. The third-order valence-corrected chi connectivity index (χ3v) is 8.83. The minimum Gasteiger partial charge on any atom is -0.345 e. The van der Waals surface area contributed by atoms with Gasteiger partial charge in [0.05, 0.1) is 17.5 Å². The van der Waals surface area contributed by atoms with Crippen molar-refractivity contribution in [1.82, 2.24) is 5.32 Å². The van der Waals surface area contributed by atoms with Gasteiger partial charge in [0.15, 0.2) is 6.29 Å². The summed E-state index contributed by atoms with van der Waals surface area (Å²) >= 11 is 0. The molecule has 0 aliphatic heterocycles. The molecule has 4 aromatic rings. The summed E-state index contributed by atoms with van der Waals surface area (Å²) in [5, 5.41) is 3.71. The van der Waals surface area contributed by atoms with Crippen LogP contribution in [0.5, 0.6) is 0 Å². The summed E-state index contributed by atoms with van der Waals surface area (Å²) < 4.78 is 40.0. The van der Waals surface area contributed by atoms with Gasteiger partial charge in [0.1, 0.15) is 0 Å². The Bertz CT molecular complexity index is 1460. The van der Waals surface area contributed by atoms with Gasteiger partial charge >= 0.3 is 0 Å². The summed E-state index contributed by atoms with van der Waals surface area (Å²) in [6.45, 7) is 7.00. The van der Waals surface area contributed by atoms with Crippen molar-refractivity contribution < 1.29 is 17.3 Å². The normalized spacial score (nSPS) is 15.1. The fraction of sp³-hybridized carbons (Fsp3) is 0.314. The summed E-state index contributed by atoms with van der Waals surface area (Å²) in [5.41, 5.74) is 6.32. The Labute approximate surface area is 244 Å². The van der Waals surface area contributed by atoms with E-state index < -0.39 is 22.4 Å². The first kappa shape index (κ1) is 29.2. The van der Waals surface area contributed by atoms with Crippen LogP contribution < -0.4 is 5.32 Å². The number of rotatable bonds is 13. The zero-order valence-corrected chi connectivity index (χ0v) is 24.8. The molecule has 1 N–H and O–H groups in total. The van der Waals surface area contributed by atoms with E-state index in [0.29, 0.717) is 5.92 Å². The average molecular weight is 570 g/mol. The van der Waals surface area contributed by atoms with Gasteiger partial charge in [-0.2, -0.15) is 8.42 Å². The standard InChI is InChI=1S/C35H39NO4S/c1-25-14-18-32(19-15-25)41(37,38)40-35(39-24-29-21-26(2)20-27(3)22-29)34(36-23-28-16-17-28)33(30-10-6-4-7-11-30)31-12-8-5-9-13-31/h4-15,18-22,28,33-36H,16-17,23-24H2,1-3H3. The van der Waals surface area contributed by atoms with Crippen LogP contribution in [0.4, 0.5) is 0 Å². The second-order valence-electron chi connectivity index (χ2n) is 11.2. The molecule has 2 atom stereocenters. The van der Waals surface area contributed by atoms with Gasteiger partial charge in [0, 0.05) is 5.92 Å². The molecule has 5 rings (SSSR count). The van der Waals surface area contributed by atoms with E-state index in [9.17, 15) is 8.42 Å². The molecular formula is C35H39NO4S. The second kappa shape index (κ2) is 13.1. The van der Waals surface area contributed by atoms with E-state index in [1.807, 2.05) is 57.2 Å². The highest BCUT2D eigenvalue weighted by atomic mass is 32.2. The third kappa shape index (κ3) is 7.92. The van der Waals surface area contributed by atoms with Gasteiger partial charge in [-0.1, -0.05) is 108 Å². The first-order valence-electron chi connectivity index (χ1n) is 14.3. The lowest BCUT2D eigenvalue weighted by atomic mass is 9.84. The topological polar surface area (TPSA) is 64.6 Å². The van der Waals surface area contributed by atoms with Crippen LogP contribution in [0.15, 0.2) is 108 Å². The molecule has 1 saturated carbocycles. The SMILES string of the molecule is Cc1ccc(S(=O)(=O)OC(OCc2cc(C)cc(C)c2)C(NCC2CC2)C(c2ccccc2)c2ccccc2)cc1. The van der Waals surface area contributed by atoms with Crippen LogP contribution >= 0.6 is 0 Å². The van der Waals surface area contributed by atoms with Crippen molar-refractivity contribution in [2.75, 3.05) is 6.54 Å². The number of benzene rings is 4. The Hall–Kier alpha value is -3.29. The van der Waals surface area contributed by atoms with E-state index in [1.54, 1.807) is 24.3 Å². The van der Waals surface area contributed by atoms with Gasteiger partial charge < -0.3 is 10.1 Å². The Kier molecular flexibility index (Phi) is 9.35. The van der Waals surface area contributed by atoms with Gasteiger partial charge in [-0.25, -0.2) is 4.18 Å². The molecule has 1 aliphatic rings. The third-order valence-electron chi connectivity index (χ3n) is 7.54. The van der Waals surface area contributed by atoms with Crippen LogP contribution in [0.3, 0.4) is 0 Å². The Morgan fingerprint density at radius 2 is 1.32 bits per heavy atom. The second-order valence-corrected chi connectivity index (χ2v) is 12.8. The van der Waals surface area contributed by atoms with Crippen molar-refractivity contribution in [3.8, 4) is 0 Å². The van der Waals surface area contributed by atoms with Crippen molar-refractivity contribution in [1.29, 1.82) is 0 Å². The molecule has 0 amide bonds. The molecule has 214 valence electrons. The smallest absolute Gasteiger partial charge is 0.299 e. The lowest BCUT2D eigenvalue weighted by Gasteiger charge is -2.35. The summed E-state index contributed by atoms with van der Waals surface area (Å²) in [7, 11) is -4.13. The van der Waals surface area contributed by atoms with Crippen molar-refractivity contribution in [2.45, 2.75) is 63.4 Å². The number of aryl methyl sites for hydroxylation is 3. The van der Waals surface area contributed by atoms with Crippen LogP contribution in [-0.2, 0) is 25.6 Å². The van der Waals surface area contributed by atoms with Gasteiger partial charge in [-0.15, -0.1) is 0 Å². The monoisotopic (exact) mass is 569 g/mol. The highest BCUT2D eigenvalue weighted by Gasteiger charge is 2.38. The highest BCUT2D eigenvalue weighted by Crippen LogP contribution is 2.34. The van der Waals surface area contributed by atoms with Crippen LogP contribution in [0.1, 0.15) is 52.1 Å². The van der Waals surface area contributed by atoms with Gasteiger partial charge in [-0.3, -0.25) is 0 Å². The maximum Gasteiger partial charge on any atom is 0.299 e. The van der Waals surface area contributed by atoms with E-state index in [2.05, 4.69) is 47.8 Å². The molecule has 6 heteroatoms. The highest BCUT2D eigenvalue weighted by molar-refractivity contribution is 7.86. The summed E-state index contributed by atoms with van der Waals surface area (Å²) in [5.74, 6) is 0.354. The molecule has 2 unspecified atom stereocenters. The quantitative estimate of drug-likeness (QED) is 0.138. The molecule has 0 radical (unpaired) electrons. The Morgan fingerprint density at radius 3 is 1.85 bits per heavy atom. The van der Waals surface area contributed by atoms with E-state index >= 15 is 0 Å². The van der Waals surface area contributed by atoms with Crippen LogP contribution in [0.2, 0.25) is 0 Å². The number of hydrogen-bond acceptors (Lipinski definition) is 5. The minimum absolute atomic E-state index is 0.111. The van der Waals surface area contributed by atoms with Crippen LogP contribution in [0.25, 0.3) is 0 Å². The predicted octanol–water partition coefficient (Wildman–Crippen LogP) is 7.06. The van der Waals surface area contributed by atoms with Crippen molar-refractivity contribution in [3.05, 3.63) is 137 Å². The van der Waals surface area contributed by atoms with E-state index in [0.717, 1.165) is 52.8 Å². The van der Waals surface area contributed by atoms with Crippen molar-refractivity contribution in [3.63, 3.8) is 0 Å². The lowest BCUT2D eigenvalue weighted by Crippen LogP contribution is -2.48. The molecule has 0 bridgehead atoms. The fourth-order valence-electron chi connectivity index (χ4n) is 5.33. The van der Waals surface area contributed by atoms with Gasteiger partial charge in [-0.05, 0) is 74.9 Å². The maximum atomic E-state index is 13.7. The van der Waals surface area contributed by atoms with Crippen molar-refractivity contribution >= 4 is 10.1 Å². The predicted molar refractivity (Wildman–Crippen MR) is 163 cm³/mol. The minimum atomic E-state index is -4.13. The maximum absolute atomic E-state index is 13.7. The first-order chi connectivity index (χ1) is 19.8. The van der Waals surface area contributed by atoms with E-state index in [1.165, 1.54) is 0 Å². The summed E-state index contributed by atoms with van der Waals surface area (Å²) in [6.07, 6.45) is 1.24. The zero-order chi connectivity index (χ0) is 28.8. The molecule has 0 spiro atoms. The Morgan fingerprint density at radius 1 is 0.756 bits per heavy atom. The largest absolute Gasteiger partial charge is 0.345 e. The molecule has 0 heterocycles. The average Bonchev–Trinajstić information content (AvgIpc) is 3.79. The van der Waals surface area contributed by atoms with Crippen LogP contribution in [0, 0.1) is 26.7 Å². The zero-order valence-electron chi connectivity index (χ0n) is 24.0. The molecule has 1 aliphatic carbocycles. The fourth-order valence-corrected chi connectivity index (χ4v) is 6.34.